The first kappa shape index (κ1) is 49.0. The number of carbonyl (C=O) groups excluding carboxylic acids is 2. The van der Waals surface area contributed by atoms with Crippen molar-refractivity contribution in [1.29, 1.82) is 0 Å². The number of esters is 2. The number of hydrogen-bond acceptors (Lipinski definition) is 6. The molecule has 0 rings (SSSR count). The minimum Gasteiger partial charge on any atom is -0.462 e. The Morgan fingerprint density at radius 2 is 0.902 bits per heavy atom. The van der Waals surface area contributed by atoms with E-state index in [0.717, 1.165) is 44.9 Å². The minimum absolute atomic E-state index is 0.192. The van der Waals surface area contributed by atoms with Crippen LogP contribution in [0, 0.1) is 0 Å². The Hall–Kier alpha value is -1.99. The lowest BCUT2D eigenvalue weighted by molar-refractivity contribution is -0.161. The van der Waals surface area contributed by atoms with Gasteiger partial charge in [-0.3, -0.25) is 14.1 Å². The fourth-order valence-electron chi connectivity index (χ4n) is 5.54. The van der Waals surface area contributed by atoms with Crippen LogP contribution in [0.3, 0.4) is 0 Å². The maximum absolute atomic E-state index is 12.4. The van der Waals surface area contributed by atoms with Crippen molar-refractivity contribution < 1.29 is 37.9 Å². The van der Waals surface area contributed by atoms with Gasteiger partial charge in [0.1, 0.15) is 6.61 Å². The minimum atomic E-state index is -4.76. The number of phosphoric ester groups is 1. The van der Waals surface area contributed by atoms with Crippen LogP contribution < -0.4 is 0 Å². The van der Waals surface area contributed by atoms with Crippen molar-refractivity contribution in [3.8, 4) is 0 Å². The number of carbonyl (C=O) groups is 2. The largest absolute Gasteiger partial charge is 0.469 e. The lowest BCUT2D eigenvalue weighted by atomic mass is 10.0. The van der Waals surface area contributed by atoms with E-state index < -0.39 is 32.5 Å². The molecule has 1 atom stereocenters. The number of ether oxygens (including phenoxy) is 2. The molecule has 0 aromatic carbocycles. The van der Waals surface area contributed by atoms with Crippen LogP contribution in [-0.4, -0.2) is 41.0 Å². The molecule has 9 heteroatoms. The van der Waals surface area contributed by atoms with Gasteiger partial charge in [-0.2, -0.15) is 0 Å². The molecule has 0 saturated heterocycles. The molecule has 0 aromatic heterocycles. The summed E-state index contributed by atoms with van der Waals surface area (Å²) in [6, 6.07) is 0. The van der Waals surface area contributed by atoms with Crippen LogP contribution in [0.2, 0.25) is 0 Å². The summed E-state index contributed by atoms with van der Waals surface area (Å²) >= 11 is 0. The lowest BCUT2D eigenvalue weighted by Gasteiger charge is -2.18. The first-order valence-corrected chi connectivity index (χ1v) is 22.0. The fourth-order valence-corrected chi connectivity index (χ4v) is 5.90. The first-order valence-electron chi connectivity index (χ1n) is 20.4. The van der Waals surface area contributed by atoms with Crippen molar-refractivity contribution in [2.45, 2.75) is 193 Å². The molecule has 0 unspecified atom stereocenters. The van der Waals surface area contributed by atoms with Crippen molar-refractivity contribution in [3.63, 3.8) is 0 Å². The highest BCUT2D eigenvalue weighted by molar-refractivity contribution is 7.46. The van der Waals surface area contributed by atoms with Gasteiger partial charge in [-0.15, -0.1) is 0 Å². The van der Waals surface area contributed by atoms with E-state index in [-0.39, 0.29) is 19.4 Å². The number of hydrogen-bond donors (Lipinski definition) is 2. The van der Waals surface area contributed by atoms with Crippen LogP contribution in [0.15, 0.2) is 48.6 Å². The molecule has 0 aliphatic carbocycles. The van der Waals surface area contributed by atoms with Crippen LogP contribution in [-0.2, 0) is 28.2 Å². The van der Waals surface area contributed by atoms with Crippen LogP contribution in [0.5, 0.6) is 0 Å². The van der Waals surface area contributed by atoms with E-state index in [0.29, 0.717) is 12.8 Å². The Kier molecular flexibility index (Phi) is 36.3. The monoisotopic (exact) mass is 739 g/mol. The third-order valence-electron chi connectivity index (χ3n) is 8.60. The number of unbranched alkanes of at least 4 members (excludes halogenated alkanes) is 19. The Morgan fingerprint density at radius 1 is 0.510 bits per heavy atom. The Labute approximate surface area is 312 Å². The molecule has 0 aliphatic rings. The summed E-state index contributed by atoms with van der Waals surface area (Å²) < 4.78 is 26.3. The van der Waals surface area contributed by atoms with Gasteiger partial charge in [0.2, 0.25) is 0 Å². The Balaban J connectivity index is 4.02. The maximum atomic E-state index is 12.4. The molecular weight excluding hydrogens is 663 g/mol. The second-order valence-corrected chi connectivity index (χ2v) is 14.9. The molecule has 0 saturated carbocycles. The summed E-state index contributed by atoms with van der Waals surface area (Å²) in [5, 5.41) is 0. The summed E-state index contributed by atoms with van der Waals surface area (Å²) in [5.41, 5.74) is 0. The molecule has 0 fully saturated rings. The van der Waals surface area contributed by atoms with Gasteiger partial charge in [-0.1, -0.05) is 172 Å². The van der Waals surface area contributed by atoms with E-state index in [4.69, 9.17) is 19.3 Å². The predicted molar refractivity (Wildman–Crippen MR) is 211 cm³/mol. The summed E-state index contributed by atoms with van der Waals surface area (Å²) in [6.07, 6.45) is 45.5. The average Bonchev–Trinajstić information content (AvgIpc) is 3.10. The summed E-state index contributed by atoms with van der Waals surface area (Å²) in [5.74, 6) is -0.947. The van der Waals surface area contributed by atoms with Gasteiger partial charge < -0.3 is 19.3 Å². The van der Waals surface area contributed by atoms with E-state index in [2.05, 4.69) is 60.9 Å². The summed E-state index contributed by atoms with van der Waals surface area (Å²) in [7, 11) is -4.76. The zero-order valence-corrected chi connectivity index (χ0v) is 33.4. The van der Waals surface area contributed by atoms with E-state index in [1.807, 2.05) is 6.08 Å². The lowest BCUT2D eigenvalue weighted by Crippen LogP contribution is -2.29. The zero-order valence-electron chi connectivity index (χ0n) is 32.5. The predicted octanol–water partition coefficient (Wildman–Crippen LogP) is 12.3. The van der Waals surface area contributed by atoms with Crippen molar-refractivity contribution in [2.75, 3.05) is 13.2 Å². The highest BCUT2D eigenvalue weighted by atomic mass is 31.2. The molecule has 0 bridgehead atoms. The van der Waals surface area contributed by atoms with Crippen LogP contribution in [0.4, 0.5) is 0 Å². The average molecular weight is 739 g/mol. The van der Waals surface area contributed by atoms with Crippen molar-refractivity contribution in [3.05, 3.63) is 48.6 Å². The normalized spacial score (nSPS) is 12.9. The molecule has 8 nitrogen and oxygen atoms in total. The molecular formula is C42H75O8P. The van der Waals surface area contributed by atoms with E-state index >= 15 is 0 Å². The standard InChI is InChI=1S/C42H75O8P/c1-3-5-7-9-11-13-15-17-19-21-23-24-26-28-30-32-34-36-41(43)48-38-40(39-49-51(45,46)47)50-42(44)37-35-33-31-29-27-25-22-20-18-16-14-12-10-8-6-4-2/h11,13,17,19,23-24,28,30,40H,3-10,12,14-16,18,20-22,25-27,29,31-39H2,1-2H3,(H2,45,46,47)/b13-11+,19-17+,24-23+,30-28+/t40-/m1/s1. The molecule has 296 valence electrons. The molecule has 2 N–H and O–H groups in total. The Bertz CT molecular complexity index is 968. The second kappa shape index (κ2) is 37.8. The zero-order chi connectivity index (χ0) is 37.5. The third kappa shape index (κ3) is 40.6. The fraction of sp³-hybridized carbons (Fsp3) is 0.762. The van der Waals surface area contributed by atoms with Gasteiger partial charge >= 0.3 is 19.8 Å². The van der Waals surface area contributed by atoms with Gasteiger partial charge in [-0.05, 0) is 51.4 Å². The smallest absolute Gasteiger partial charge is 0.462 e. The highest BCUT2D eigenvalue weighted by Gasteiger charge is 2.22. The van der Waals surface area contributed by atoms with E-state index in [1.54, 1.807) is 0 Å². The highest BCUT2D eigenvalue weighted by Crippen LogP contribution is 2.36. The van der Waals surface area contributed by atoms with Gasteiger partial charge in [-0.25, -0.2) is 4.57 Å². The molecule has 0 radical (unpaired) electrons. The van der Waals surface area contributed by atoms with Gasteiger partial charge in [0.15, 0.2) is 6.10 Å². The molecule has 0 aromatic rings. The van der Waals surface area contributed by atoms with Gasteiger partial charge in [0, 0.05) is 12.8 Å². The Morgan fingerprint density at radius 3 is 1.37 bits per heavy atom. The number of phosphoric acid groups is 1. The van der Waals surface area contributed by atoms with E-state index in [9.17, 15) is 14.2 Å². The molecule has 0 spiro atoms. The topological polar surface area (TPSA) is 119 Å². The third-order valence-corrected chi connectivity index (χ3v) is 9.09. The van der Waals surface area contributed by atoms with Crippen LogP contribution >= 0.6 is 7.82 Å². The van der Waals surface area contributed by atoms with Crippen molar-refractivity contribution in [1.82, 2.24) is 0 Å². The summed E-state index contributed by atoms with van der Waals surface area (Å²) in [4.78, 5) is 42.8. The maximum Gasteiger partial charge on any atom is 0.469 e. The SMILES string of the molecule is CCCCC/C=C/C/C=C/C/C=C/C/C=C/CCCC(=O)OC[C@H](COP(=O)(O)O)OC(=O)CCCCCCCCCCCCCCCCCC. The molecule has 0 heterocycles. The van der Waals surface area contributed by atoms with Crippen LogP contribution in [0.1, 0.15) is 187 Å². The van der Waals surface area contributed by atoms with E-state index in [1.165, 1.54) is 103 Å². The molecule has 0 aliphatic heterocycles. The summed E-state index contributed by atoms with van der Waals surface area (Å²) in [6.45, 7) is 3.61. The molecule has 0 amide bonds. The number of allylic oxidation sites excluding steroid dienone is 8. The quantitative estimate of drug-likeness (QED) is 0.0280. The number of rotatable bonds is 37. The van der Waals surface area contributed by atoms with Gasteiger partial charge in [0.05, 0.1) is 6.61 Å². The van der Waals surface area contributed by atoms with Crippen molar-refractivity contribution >= 4 is 19.8 Å². The van der Waals surface area contributed by atoms with Crippen molar-refractivity contribution in [2.24, 2.45) is 0 Å². The van der Waals surface area contributed by atoms with Gasteiger partial charge in [0.25, 0.3) is 0 Å². The molecule has 51 heavy (non-hydrogen) atoms. The van der Waals surface area contributed by atoms with Crippen LogP contribution in [0.25, 0.3) is 0 Å². The first-order chi connectivity index (χ1) is 24.8. The second-order valence-electron chi connectivity index (χ2n) is 13.6.